The summed E-state index contributed by atoms with van der Waals surface area (Å²) in [4.78, 5) is 26.4. The molecule has 1 aliphatic heterocycles. The van der Waals surface area contributed by atoms with E-state index >= 15 is 0 Å². The number of aryl methyl sites for hydroxylation is 1. The Bertz CT molecular complexity index is 1030. The lowest BCUT2D eigenvalue weighted by molar-refractivity contribution is -0.133. The molecule has 148 valence electrons. The lowest BCUT2D eigenvalue weighted by Crippen LogP contribution is -2.50. The highest BCUT2D eigenvalue weighted by molar-refractivity contribution is 6.00. The van der Waals surface area contributed by atoms with E-state index in [1.165, 1.54) is 0 Å². The second-order valence-corrected chi connectivity index (χ2v) is 7.05. The molecule has 4 rings (SSSR count). The van der Waals surface area contributed by atoms with Crippen LogP contribution in [0.1, 0.15) is 15.9 Å². The predicted molar refractivity (Wildman–Crippen MR) is 109 cm³/mol. The van der Waals surface area contributed by atoms with Crippen LogP contribution in [0.15, 0.2) is 60.8 Å². The molecule has 0 radical (unpaired) electrons. The van der Waals surface area contributed by atoms with Crippen LogP contribution >= 0.6 is 0 Å². The predicted octanol–water partition coefficient (Wildman–Crippen LogP) is 2.17. The Balaban J connectivity index is 1.73. The van der Waals surface area contributed by atoms with Crippen LogP contribution in [0.5, 0.6) is 0 Å². The minimum absolute atomic E-state index is 0.137. The molecule has 29 heavy (non-hydrogen) atoms. The van der Waals surface area contributed by atoms with E-state index < -0.39 is 12.0 Å². The van der Waals surface area contributed by atoms with Crippen LogP contribution in [-0.4, -0.2) is 52.3 Å². The van der Waals surface area contributed by atoms with Crippen LogP contribution in [0.25, 0.3) is 16.9 Å². The van der Waals surface area contributed by atoms with Crippen molar-refractivity contribution in [2.75, 3.05) is 19.7 Å². The number of rotatable bonds is 4. The summed E-state index contributed by atoms with van der Waals surface area (Å²) in [7, 11) is 0. The number of hydrogen-bond donors (Lipinski definition) is 1. The van der Waals surface area contributed by atoms with Gasteiger partial charge in [-0.2, -0.15) is 5.10 Å². The first kappa shape index (κ1) is 18.9. The molecule has 2 N–H and O–H groups in total. The summed E-state index contributed by atoms with van der Waals surface area (Å²) in [6.07, 6.45) is 0.948. The molecule has 1 unspecified atom stereocenters. The molecule has 3 aromatic rings. The average molecular weight is 390 g/mol. The minimum atomic E-state index is -0.792. The molecule has 0 saturated carbocycles. The third kappa shape index (κ3) is 3.90. The Morgan fingerprint density at radius 3 is 2.52 bits per heavy atom. The maximum atomic E-state index is 13.3. The van der Waals surface area contributed by atoms with Gasteiger partial charge in [-0.15, -0.1) is 0 Å². The van der Waals surface area contributed by atoms with Gasteiger partial charge in [-0.3, -0.25) is 9.59 Å². The lowest BCUT2D eigenvalue weighted by atomic mass is 10.1. The molecule has 2 amide bonds. The number of hydrogen-bond acceptors (Lipinski definition) is 4. The van der Waals surface area contributed by atoms with E-state index in [4.69, 9.17) is 15.6 Å². The molecule has 0 spiro atoms. The number of nitrogens with two attached hydrogens (primary N) is 1. The fourth-order valence-electron chi connectivity index (χ4n) is 3.35. The summed E-state index contributed by atoms with van der Waals surface area (Å²) in [5, 5.41) is 4.70. The van der Waals surface area contributed by atoms with E-state index in [-0.39, 0.29) is 19.1 Å². The van der Waals surface area contributed by atoms with E-state index in [0.29, 0.717) is 17.8 Å². The summed E-state index contributed by atoms with van der Waals surface area (Å²) in [5.41, 5.74) is 9.29. The Kier molecular flexibility index (Phi) is 5.14. The number of ether oxygens (including phenoxy) is 1. The Hall–Kier alpha value is -3.45. The summed E-state index contributed by atoms with van der Waals surface area (Å²) < 4.78 is 7.08. The number of carbonyl (C=O) groups excluding carboxylic acids is 2. The van der Waals surface area contributed by atoms with Crippen LogP contribution in [0.2, 0.25) is 0 Å². The fraction of sp³-hybridized carbons (Fsp3) is 0.227. The summed E-state index contributed by atoms with van der Waals surface area (Å²) in [5.74, 6) is -0.766. The van der Waals surface area contributed by atoms with Crippen LogP contribution < -0.4 is 5.73 Å². The average Bonchev–Trinajstić information content (AvgIpc) is 3.20. The van der Waals surface area contributed by atoms with Gasteiger partial charge < -0.3 is 15.4 Å². The van der Waals surface area contributed by atoms with Gasteiger partial charge in [-0.25, -0.2) is 4.68 Å². The summed E-state index contributed by atoms with van der Waals surface area (Å²) in [6, 6.07) is 17.5. The first-order chi connectivity index (χ1) is 14.0. The maximum Gasteiger partial charge on any atom is 0.257 e. The molecule has 1 atom stereocenters. The molecular formula is C22H22N4O3. The van der Waals surface area contributed by atoms with Gasteiger partial charge in [0.15, 0.2) is 6.10 Å². The Morgan fingerprint density at radius 1 is 1.10 bits per heavy atom. The molecule has 1 saturated heterocycles. The summed E-state index contributed by atoms with van der Waals surface area (Å²) in [6.45, 7) is 2.82. The van der Waals surface area contributed by atoms with E-state index in [2.05, 4.69) is 0 Å². The van der Waals surface area contributed by atoms with Crippen molar-refractivity contribution in [1.82, 2.24) is 14.7 Å². The van der Waals surface area contributed by atoms with Gasteiger partial charge in [0.25, 0.3) is 5.91 Å². The quantitative estimate of drug-likeness (QED) is 0.739. The van der Waals surface area contributed by atoms with Gasteiger partial charge in [0, 0.05) is 18.3 Å². The number of morpholine rings is 1. The van der Waals surface area contributed by atoms with E-state index in [0.717, 1.165) is 16.8 Å². The van der Waals surface area contributed by atoms with Gasteiger partial charge in [-0.05, 0) is 19.1 Å². The number of aromatic nitrogens is 2. The molecule has 7 nitrogen and oxygen atoms in total. The third-order valence-electron chi connectivity index (χ3n) is 4.96. The SMILES string of the molecule is Cc1ccc(-n2cc(C(=O)N3CCOC(C(N)=O)C3)c(-c3ccccc3)n2)cc1. The number of amides is 2. The van der Waals surface area contributed by atoms with Crippen molar-refractivity contribution in [3.63, 3.8) is 0 Å². The van der Waals surface area contributed by atoms with E-state index in [1.807, 2.05) is 61.5 Å². The van der Waals surface area contributed by atoms with Crippen molar-refractivity contribution in [3.8, 4) is 16.9 Å². The first-order valence-electron chi connectivity index (χ1n) is 9.45. The van der Waals surface area contributed by atoms with Crippen molar-refractivity contribution in [1.29, 1.82) is 0 Å². The van der Waals surface area contributed by atoms with Gasteiger partial charge in [0.1, 0.15) is 5.69 Å². The maximum absolute atomic E-state index is 13.3. The Morgan fingerprint density at radius 2 is 1.83 bits per heavy atom. The van der Waals surface area contributed by atoms with E-state index in [1.54, 1.807) is 15.8 Å². The van der Waals surface area contributed by atoms with Crippen molar-refractivity contribution >= 4 is 11.8 Å². The molecule has 1 fully saturated rings. The fourth-order valence-corrected chi connectivity index (χ4v) is 3.35. The van der Waals surface area contributed by atoms with Crippen LogP contribution in [-0.2, 0) is 9.53 Å². The topological polar surface area (TPSA) is 90.5 Å². The van der Waals surface area contributed by atoms with Gasteiger partial charge in [0.05, 0.1) is 24.4 Å². The molecule has 0 bridgehead atoms. The second kappa shape index (κ2) is 7.89. The normalized spacial score (nSPS) is 16.6. The van der Waals surface area contributed by atoms with Gasteiger partial charge in [0.2, 0.25) is 5.91 Å². The van der Waals surface area contributed by atoms with Gasteiger partial charge >= 0.3 is 0 Å². The molecule has 1 aliphatic rings. The van der Waals surface area contributed by atoms with Crippen LogP contribution in [0.4, 0.5) is 0 Å². The first-order valence-corrected chi connectivity index (χ1v) is 9.45. The Labute approximate surface area is 168 Å². The molecule has 2 heterocycles. The zero-order chi connectivity index (χ0) is 20.4. The largest absolute Gasteiger partial charge is 0.367 e. The zero-order valence-corrected chi connectivity index (χ0v) is 16.1. The molecule has 2 aromatic carbocycles. The highest BCUT2D eigenvalue weighted by Gasteiger charge is 2.30. The lowest BCUT2D eigenvalue weighted by Gasteiger charge is -2.31. The number of carbonyl (C=O) groups is 2. The van der Waals surface area contributed by atoms with Crippen molar-refractivity contribution in [2.24, 2.45) is 5.73 Å². The second-order valence-electron chi connectivity index (χ2n) is 7.05. The highest BCUT2D eigenvalue weighted by atomic mass is 16.5. The highest BCUT2D eigenvalue weighted by Crippen LogP contribution is 2.25. The third-order valence-corrected chi connectivity index (χ3v) is 4.96. The van der Waals surface area contributed by atoms with Gasteiger partial charge in [-0.1, -0.05) is 48.0 Å². The molecular weight excluding hydrogens is 368 g/mol. The minimum Gasteiger partial charge on any atom is -0.367 e. The standard InChI is InChI=1S/C22H22N4O3/c1-15-7-9-17(10-8-15)26-13-18(20(24-26)16-5-3-2-4-6-16)22(28)25-11-12-29-19(14-25)21(23)27/h2-10,13,19H,11-12,14H2,1H3,(H2,23,27). The smallest absolute Gasteiger partial charge is 0.257 e. The number of primary amides is 1. The number of nitrogens with zero attached hydrogens (tertiary/aromatic N) is 3. The van der Waals surface area contributed by atoms with Crippen molar-refractivity contribution in [3.05, 3.63) is 71.9 Å². The molecule has 0 aliphatic carbocycles. The molecule has 7 heteroatoms. The zero-order valence-electron chi connectivity index (χ0n) is 16.1. The van der Waals surface area contributed by atoms with Crippen molar-refractivity contribution < 1.29 is 14.3 Å². The van der Waals surface area contributed by atoms with E-state index in [9.17, 15) is 9.59 Å². The van der Waals surface area contributed by atoms with Crippen LogP contribution in [0.3, 0.4) is 0 Å². The van der Waals surface area contributed by atoms with Crippen molar-refractivity contribution in [2.45, 2.75) is 13.0 Å². The monoisotopic (exact) mass is 390 g/mol. The summed E-state index contributed by atoms with van der Waals surface area (Å²) >= 11 is 0. The molecule has 1 aromatic heterocycles. The van der Waals surface area contributed by atoms with Crippen LogP contribution in [0, 0.1) is 6.92 Å². The number of benzene rings is 2.